The van der Waals surface area contributed by atoms with E-state index in [1.165, 1.54) is 75.5 Å². The first kappa shape index (κ1) is 29.9. The van der Waals surface area contributed by atoms with Gasteiger partial charge < -0.3 is 4.90 Å². The molecule has 8 aromatic carbocycles. The van der Waals surface area contributed by atoms with Gasteiger partial charge in [0.05, 0.1) is 0 Å². The number of hydrogen-bond acceptors (Lipinski definition) is 2. The molecule has 0 fully saturated rings. The third kappa shape index (κ3) is 4.90. The summed E-state index contributed by atoms with van der Waals surface area (Å²) in [6.45, 7) is 4.68. The van der Waals surface area contributed by atoms with E-state index in [4.69, 9.17) is 0 Å². The largest absolute Gasteiger partial charge is 0.310 e. The first-order valence-electron chi connectivity index (χ1n) is 17.7. The summed E-state index contributed by atoms with van der Waals surface area (Å²) >= 11 is 1.88. The Morgan fingerprint density at radius 1 is 0.392 bits per heavy atom. The molecule has 0 bridgehead atoms. The van der Waals surface area contributed by atoms with Crippen molar-refractivity contribution in [2.45, 2.75) is 19.3 Å². The second-order valence-electron chi connectivity index (χ2n) is 14.2. The van der Waals surface area contributed by atoms with E-state index >= 15 is 0 Å². The highest BCUT2D eigenvalue weighted by atomic mass is 32.1. The molecule has 0 amide bonds. The summed E-state index contributed by atoms with van der Waals surface area (Å²) in [5, 5.41) is 5.23. The third-order valence-corrected chi connectivity index (χ3v) is 12.0. The lowest BCUT2D eigenvalue weighted by Gasteiger charge is -2.27. The van der Waals surface area contributed by atoms with Crippen molar-refractivity contribution >= 4 is 59.3 Å². The lowest BCUT2D eigenvalue weighted by molar-refractivity contribution is 0.660. The lowest BCUT2D eigenvalue weighted by atomic mass is 9.82. The maximum atomic E-state index is 2.39. The SMILES string of the molecule is CC1(C)c2ccccc2-c2cc(N(c3ccc(-c4ccccc4)cc3)c3ccc(-c4ccc5cc6sc7ccccc7c6cc5c4)cc3)ccc21. The van der Waals surface area contributed by atoms with Gasteiger partial charge in [0.1, 0.15) is 0 Å². The quantitative estimate of drug-likeness (QED) is 0.176. The Labute approximate surface area is 302 Å². The molecule has 1 aliphatic rings. The maximum absolute atomic E-state index is 2.39. The van der Waals surface area contributed by atoms with Crippen molar-refractivity contribution in [3.05, 3.63) is 187 Å². The Balaban J connectivity index is 1.06. The van der Waals surface area contributed by atoms with E-state index in [0.717, 1.165) is 17.1 Å². The smallest absolute Gasteiger partial charge is 0.0468 e. The van der Waals surface area contributed by atoms with Crippen LogP contribution in [0.2, 0.25) is 0 Å². The first-order valence-corrected chi connectivity index (χ1v) is 18.5. The van der Waals surface area contributed by atoms with Gasteiger partial charge in [0.25, 0.3) is 0 Å². The molecule has 2 heteroatoms. The van der Waals surface area contributed by atoms with E-state index in [2.05, 4.69) is 195 Å². The van der Waals surface area contributed by atoms with Crippen LogP contribution in [0.15, 0.2) is 176 Å². The Kier molecular flexibility index (Phi) is 6.78. The summed E-state index contributed by atoms with van der Waals surface area (Å²) in [4.78, 5) is 2.39. The summed E-state index contributed by atoms with van der Waals surface area (Å²) in [6.07, 6.45) is 0. The van der Waals surface area contributed by atoms with Gasteiger partial charge in [-0.25, -0.2) is 0 Å². The zero-order chi connectivity index (χ0) is 34.1. The molecule has 10 rings (SSSR count). The van der Waals surface area contributed by atoms with Crippen molar-refractivity contribution in [2.24, 2.45) is 0 Å². The second-order valence-corrected chi connectivity index (χ2v) is 15.3. The Bertz CT molecular complexity index is 2750. The number of nitrogens with zero attached hydrogens (tertiary/aromatic N) is 1. The summed E-state index contributed by atoms with van der Waals surface area (Å²) in [6, 6.07) is 64.9. The molecular weight excluding hydrogens is 635 g/mol. The molecule has 1 nitrogen and oxygen atoms in total. The van der Waals surface area contributed by atoms with Gasteiger partial charge >= 0.3 is 0 Å². The molecule has 0 unspecified atom stereocenters. The summed E-state index contributed by atoms with van der Waals surface area (Å²) in [5.74, 6) is 0. The number of fused-ring (bicyclic) bond motifs is 7. The molecular formula is C49H35NS. The molecule has 0 saturated carbocycles. The van der Waals surface area contributed by atoms with Crippen molar-refractivity contribution in [1.29, 1.82) is 0 Å². The minimum atomic E-state index is -0.0313. The predicted molar refractivity (Wildman–Crippen MR) is 220 cm³/mol. The molecule has 0 radical (unpaired) electrons. The highest BCUT2D eigenvalue weighted by Gasteiger charge is 2.35. The van der Waals surface area contributed by atoms with E-state index < -0.39 is 0 Å². The standard InChI is InChI=1S/C49H35NS/c1-49(2)45-14-8-6-12-41(45)43-31-40(26-27-46(43)49)50(38-22-18-33(19-23-38)32-10-4-3-5-11-32)39-24-20-34(21-25-39)35-16-17-36-30-48-44(29-37(36)28-35)42-13-7-9-15-47(42)51-48/h3-31H,1-2H3. The number of benzene rings is 8. The first-order chi connectivity index (χ1) is 25.0. The van der Waals surface area contributed by atoms with Gasteiger partial charge in [-0.05, 0) is 116 Å². The fourth-order valence-corrected chi connectivity index (χ4v) is 9.32. The molecule has 0 spiro atoms. The molecule has 0 atom stereocenters. The van der Waals surface area contributed by atoms with Crippen LogP contribution in [0.3, 0.4) is 0 Å². The summed E-state index contributed by atoms with van der Waals surface area (Å²) in [5.41, 5.74) is 13.7. The van der Waals surface area contributed by atoms with E-state index in [1.807, 2.05) is 11.3 Å². The molecule has 9 aromatic rings. The van der Waals surface area contributed by atoms with Crippen molar-refractivity contribution in [3.8, 4) is 33.4 Å². The molecule has 1 heterocycles. The van der Waals surface area contributed by atoms with Gasteiger partial charge in [-0.3, -0.25) is 0 Å². The predicted octanol–water partition coefficient (Wildman–Crippen LogP) is 14.3. The minimum Gasteiger partial charge on any atom is -0.310 e. The van der Waals surface area contributed by atoms with Gasteiger partial charge in [-0.1, -0.05) is 129 Å². The van der Waals surface area contributed by atoms with Gasteiger partial charge in [0, 0.05) is 42.6 Å². The van der Waals surface area contributed by atoms with Crippen LogP contribution in [-0.4, -0.2) is 0 Å². The van der Waals surface area contributed by atoms with Gasteiger partial charge in [0.2, 0.25) is 0 Å². The Morgan fingerprint density at radius 2 is 1.00 bits per heavy atom. The fourth-order valence-electron chi connectivity index (χ4n) is 8.18. The van der Waals surface area contributed by atoms with Crippen LogP contribution in [0.5, 0.6) is 0 Å². The molecule has 0 saturated heterocycles. The Hall–Kier alpha value is -5.96. The van der Waals surface area contributed by atoms with Gasteiger partial charge in [0.15, 0.2) is 0 Å². The molecule has 1 aliphatic carbocycles. The van der Waals surface area contributed by atoms with Crippen molar-refractivity contribution in [2.75, 3.05) is 4.90 Å². The molecule has 1 aromatic heterocycles. The second kappa shape index (κ2) is 11.6. The van der Waals surface area contributed by atoms with Crippen LogP contribution in [-0.2, 0) is 5.41 Å². The monoisotopic (exact) mass is 669 g/mol. The Morgan fingerprint density at radius 3 is 1.78 bits per heavy atom. The van der Waals surface area contributed by atoms with E-state index in [1.54, 1.807) is 0 Å². The van der Waals surface area contributed by atoms with Crippen LogP contribution in [0.1, 0.15) is 25.0 Å². The van der Waals surface area contributed by atoms with E-state index in [0.29, 0.717) is 0 Å². The number of hydrogen-bond donors (Lipinski definition) is 0. The molecule has 0 N–H and O–H groups in total. The summed E-state index contributed by atoms with van der Waals surface area (Å²) in [7, 11) is 0. The molecule has 0 aliphatic heterocycles. The van der Waals surface area contributed by atoms with E-state index in [-0.39, 0.29) is 5.41 Å². The number of thiophene rings is 1. The average Bonchev–Trinajstić information content (AvgIpc) is 3.65. The van der Waals surface area contributed by atoms with Gasteiger partial charge in [-0.15, -0.1) is 11.3 Å². The summed E-state index contributed by atoms with van der Waals surface area (Å²) < 4.78 is 2.69. The van der Waals surface area contributed by atoms with Gasteiger partial charge in [-0.2, -0.15) is 0 Å². The zero-order valence-corrected chi connectivity index (χ0v) is 29.4. The minimum absolute atomic E-state index is 0.0313. The fraction of sp³-hybridized carbons (Fsp3) is 0.0612. The van der Waals surface area contributed by atoms with Crippen LogP contribution >= 0.6 is 11.3 Å². The van der Waals surface area contributed by atoms with Crippen LogP contribution in [0.25, 0.3) is 64.3 Å². The molecule has 51 heavy (non-hydrogen) atoms. The molecule has 242 valence electrons. The average molecular weight is 670 g/mol. The topological polar surface area (TPSA) is 3.24 Å². The van der Waals surface area contributed by atoms with Crippen LogP contribution < -0.4 is 4.90 Å². The van der Waals surface area contributed by atoms with Crippen LogP contribution in [0.4, 0.5) is 17.1 Å². The maximum Gasteiger partial charge on any atom is 0.0468 e. The zero-order valence-electron chi connectivity index (χ0n) is 28.6. The van der Waals surface area contributed by atoms with E-state index in [9.17, 15) is 0 Å². The highest BCUT2D eigenvalue weighted by molar-refractivity contribution is 7.25. The number of rotatable bonds is 5. The van der Waals surface area contributed by atoms with Crippen LogP contribution in [0, 0.1) is 0 Å². The highest BCUT2D eigenvalue weighted by Crippen LogP contribution is 2.50. The van der Waals surface area contributed by atoms with Crippen molar-refractivity contribution < 1.29 is 0 Å². The third-order valence-electron chi connectivity index (χ3n) is 10.9. The van der Waals surface area contributed by atoms with Crippen molar-refractivity contribution in [1.82, 2.24) is 0 Å². The lowest BCUT2D eigenvalue weighted by Crippen LogP contribution is -2.15. The van der Waals surface area contributed by atoms with Crippen molar-refractivity contribution in [3.63, 3.8) is 0 Å². The number of anilines is 3. The normalized spacial score (nSPS) is 13.1.